The molecule has 0 aromatic rings. The molecule has 0 aliphatic carbocycles. The second kappa shape index (κ2) is 4.90. The molecule has 1 aliphatic heterocycles. The van der Waals surface area contributed by atoms with E-state index in [1.807, 2.05) is 13.8 Å². The van der Waals surface area contributed by atoms with Crippen LogP contribution in [0.15, 0.2) is 9.81 Å². The largest absolute Gasteiger partial charge is 0.231 e. The summed E-state index contributed by atoms with van der Waals surface area (Å²) in [6.45, 7) is 3.89. The molecule has 1 heterocycles. The summed E-state index contributed by atoms with van der Waals surface area (Å²) in [7, 11) is -1.91. The number of hydrogen-bond acceptors (Lipinski definition) is 3. The third-order valence-electron chi connectivity index (χ3n) is 1.92. The molecule has 14 heavy (non-hydrogen) atoms. The summed E-state index contributed by atoms with van der Waals surface area (Å²) in [6, 6.07) is 0. The average Bonchev–Trinajstić information content (AvgIpc) is 2.11. The van der Waals surface area contributed by atoms with Gasteiger partial charge in [-0.2, -0.15) is 0 Å². The van der Waals surface area contributed by atoms with Gasteiger partial charge in [-0.15, -0.1) is 11.8 Å². The average molecular weight is 230 g/mol. The van der Waals surface area contributed by atoms with Gasteiger partial charge in [-0.05, 0) is 12.8 Å². The van der Waals surface area contributed by atoms with Crippen LogP contribution in [0.25, 0.3) is 0 Å². The zero-order valence-corrected chi connectivity index (χ0v) is 10.1. The molecule has 0 aromatic heterocycles. The first-order chi connectivity index (χ1) is 6.61. The van der Waals surface area contributed by atoms with E-state index >= 15 is 0 Å². The van der Waals surface area contributed by atoms with E-state index in [0.717, 1.165) is 35.0 Å². The Bertz CT molecular complexity index is 394. The van der Waals surface area contributed by atoms with Gasteiger partial charge in [0.15, 0.2) is 0 Å². The molecule has 4 heteroatoms. The van der Waals surface area contributed by atoms with Gasteiger partial charge in [0.25, 0.3) is 0 Å². The van der Waals surface area contributed by atoms with Crippen LogP contribution < -0.4 is 0 Å². The lowest BCUT2D eigenvalue weighted by Gasteiger charge is -2.20. The van der Waals surface area contributed by atoms with Crippen LogP contribution in [-0.4, -0.2) is 8.42 Å². The van der Waals surface area contributed by atoms with Crippen molar-refractivity contribution in [1.82, 2.24) is 0 Å². The van der Waals surface area contributed by atoms with E-state index in [0.29, 0.717) is 11.3 Å². The summed E-state index contributed by atoms with van der Waals surface area (Å²) in [5, 5.41) is 0. The van der Waals surface area contributed by atoms with E-state index in [9.17, 15) is 8.42 Å². The van der Waals surface area contributed by atoms with Crippen molar-refractivity contribution in [3.63, 3.8) is 0 Å². The Morgan fingerprint density at radius 3 is 2.50 bits per heavy atom. The van der Waals surface area contributed by atoms with Gasteiger partial charge in [-0.3, -0.25) is 0 Å². The van der Waals surface area contributed by atoms with Crippen molar-refractivity contribution in [2.45, 2.75) is 39.5 Å². The van der Waals surface area contributed by atoms with Crippen LogP contribution in [0.3, 0.4) is 0 Å². The third-order valence-corrected chi connectivity index (χ3v) is 5.93. The fraction of sp³-hybridized carbons (Fsp3) is 0.600. The lowest BCUT2D eigenvalue weighted by atomic mass is 10.2. The molecule has 2 nitrogen and oxygen atoms in total. The Hall–Kier alpha value is -0.400. The smallest absolute Gasteiger partial charge is 0.212 e. The Kier molecular flexibility index (Phi) is 4.09. The predicted octanol–water partition coefficient (Wildman–Crippen LogP) is 2.88. The van der Waals surface area contributed by atoms with Crippen LogP contribution in [0.4, 0.5) is 0 Å². The highest BCUT2D eigenvalue weighted by molar-refractivity contribution is 8.77. The summed E-state index contributed by atoms with van der Waals surface area (Å²) in [4.78, 5) is 1.64. The Balaban J connectivity index is 2.55. The van der Waals surface area contributed by atoms with Crippen LogP contribution in [0.2, 0.25) is 0 Å². The Labute approximate surface area is 89.5 Å². The zero-order chi connectivity index (χ0) is 10.6. The number of rotatable bonds is 3. The normalized spacial score (nSPS) is 18.4. The van der Waals surface area contributed by atoms with Crippen LogP contribution in [0, 0.1) is 11.8 Å². The molecule has 0 fully saturated rings. The van der Waals surface area contributed by atoms with Crippen LogP contribution in [0.1, 0.15) is 39.5 Å². The molecular formula is C10H14O2S2. The summed E-state index contributed by atoms with van der Waals surface area (Å²) in [6.07, 6.45) is 3.05. The van der Waals surface area contributed by atoms with E-state index < -0.39 is 8.87 Å². The zero-order valence-electron chi connectivity index (χ0n) is 8.46. The van der Waals surface area contributed by atoms with E-state index in [4.69, 9.17) is 0 Å². The predicted molar refractivity (Wildman–Crippen MR) is 61.1 cm³/mol. The van der Waals surface area contributed by atoms with Crippen molar-refractivity contribution >= 4 is 19.7 Å². The van der Waals surface area contributed by atoms with Gasteiger partial charge >= 0.3 is 0 Å². The molecule has 0 aromatic carbocycles. The standard InChI is InChI=1S/C10H14O2S2/c1-3-5-6-7-8-9-10(4-2)14(11,12)13-9/h3-4,7-8H2,1-2H3. The minimum atomic E-state index is -2.92. The molecule has 1 rings (SSSR count). The van der Waals surface area contributed by atoms with Gasteiger partial charge in [0, 0.05) is 28.5 Å². The molecule has 0 amide bonds. The van der Waals surface area contributed by atoms with Crippen molar-refractivity contribution in [3.8, 4) is 11.8 Å². The second-order valence-electron chi connectivity index (χ2n) is 2.94. The topological polar surface area (TPSA) is 34.1 Å². The third kappa shape index (κ3) is 2.55. The maximum absolute atomic E-state index is 11.2. The van der Waals surface area contributed by atoms with E-state index in [2.05, 4.69) is 11.8 Å². The molecule has 0 bridgehead atoms. The molecule has 0 spiro atoms. The molecule has 1 aliphatic rings. The van der Waals surface area contributed by atoms with Crippen LogP contribution in [0.5, 0.6) is 0 Å². The van der Waals surface area contributed by atoms with Gasteiger partial charge in [-0.1, -0.05) is 13.8 Å². The number of allylic oxidation sites excluding steroid dienone is 2. The SMILES string of the molecule is CCC#CCCC1=C(CC)S(=O)(=O)S1. The van der Waals surface area contributed by atoms with Gasteiger partial charge in [-0.25, -0.2) is 8.42 Å². The maximum Gasteiger partial charge on any atom is 0.231 e. The fourth-order valence-corrected chi connectivity index (χ4v) is 4.99. The van der Waals surface area contributed by atoms with Crippen molar-refractivity contribution in [2.24, 2.45) is 0 Å². The monoisotopic (exact) mass is 230 g/mol. The lowest BCUT2D eigenvalue weighted by molar-refractivity contribution is 0.612. The van der Waals surface area contributed by atoms with Gasteiger partial charge in [0.2, 0.25) is 8.87 Å². The summed E-state index contributed by atoms with van der Waals surface area (Å²) >= 11 is 0. The van der Waals surface area contributed by atoms with Crippen molar-refractivity contribution < 1.29 is 8.42 Å². The highest BCUT2D eigenvalue weighted by Gasteiger charge is 2.33. The Morgan fingerprint density at radius 2 is 2.00 bits per heavy atom. The molecule has 0 unspecified atom stereocenters. The first-order valence-electron chi connectivity index (χ1n) is 4.74. The van der Waals surface area contributed by atoms with Crippen LogP contribution >= 0.6 is 10.8 Å². The first-order valence-corrected chi connectivity index (χ1v) is 7.55. The lowest BCUT2D eigenvalue weighted by Crippen LogP contribution is -2.11. The van der Waals surface area contributed by atoms with Crippen molar-refractivity contribution in [1.29, 1.82) is 0 Å². The van der Waals surface area contributed by atoms with Gasteiger partial charge < -0.3 is 0 Å². The highest BCUT2D eigenvalue weighted by atomic mass is 33.1. The minimum absolute atomic E-state index is 0.617. The van der Waals surface area contributed by atoms with E-state index in [-0.39, 0.29) is 0 Å². The molecule has 0 saturated heterocycles. The number of hydrogen-bond donors (Lipinski definition) is 0. The van der Waals surface area contributed by atoms with Crippen molar-refractivity contribution in [2.75, 3.05) is 0 Å². The first kappa shape index (κ1) is 11.7. The minimum Gasteiger partial charge on any atom is -0.212 e. The quantitative estimate of drug-likeness (QED) is 0.552. The summed E-state index contributed by atoms with van der Waals surface area (Å²) in [5.74, 6) is 5.99. The van der Waals surface area contributed by atoms with Crippen LogP contribution in [-0.2, 0) is 8.87 Å². The van der Waals surface area contributed by atoms with Gasteiger partial charge in [0.05, 0.1) is 4.91 Å². The molecule has 0 radical (unpaired) electrons. The molecule has 0 atom stereocenters. The maximum atomic E-state index is 11.2. The fourth-order valence-electron chi connectivity index (χ4n) is 1.28. The summed E-state index contributed by atoms with van der Waals surface area (Å²) in [5.41, 5.74) is 0. The molecule has 0 saturated carbocycles. The summed E-state index contributed by atoms with van der Waals surface area (Å²) < 4.78 is 22.4. The van der Waals surface area contributed by atoms with E-state index in [1.165, 1.54) is 0 Å². The van der Waals surface area contributed by atoms with Gasteiger partial charge in [0.1, 0.15) is 0 Å². The second-order valence-corrected chi connectivity index (χ2v) is 6.82. The molecular weight excluding hydrogens is 216 g/mol. The molecule has 0 N–H and O–H groups in total. The van der Waals surface area contributed by atoms with E-state index in [1.54, 1.807) is 0 Å². The van der Waals surface area contributed by atoms with Crippen molar-refractivity contribution in [3.05, 3.63) is 9.81 Å². The molecule has 78 valence electrons. The Morgan fingerprint density at radius 1 is 1.29 bits per heavy atom. The highest BCUT2D eigenvalue weighted by Crippen LogP contribution is 2.47.